The van der Waals surface area contributed by atoms with Crippen LogP contribution in [0.2, 0.25) is 0 Å². The Balaban J connectivity index is 0.00000324. The molecule has 0 atom stereocenters. The van der Waals surface area contributed by atoms with Crippen LogP contribution in [0.15, 0.2) is 29.3 Å². The molecule has 0 aliphatic rings. The molecule has 1 rings (SSSR count). The molecule has 106 valence electrons. The lowest BCUT2D eigenvalue weighted by atomic mass is 10.1. The zero-order valence-electron chi connectivity index (χ0n) is 10.7. The van der Waals surface area contributed by atoms with Crippen molar-refractivity contribution in [3.63, 3.8) is 0 Å². The highest BCUT2D eigenvalue weighted by molar-refractivity contribution is 5.85. The number of unbranched alkanes of at least 4 members (excludes halogenated alkanes) is 2. The minimum Gasteiger partial charge on any atom is -0.481 e. The highest BCUT2D eigenvalue weighted by Gasteiger charge is 1.98. The van der Waals surface area contributed by atoms with Crippen molar-refractivity contribution in [2.45, 2.75) is 32.1 Å². The second-order valence-corrected chi connectivity index (χ2v) is 4.16. The number of halogens is 1. The number of aliphatic imine (C=N–C) groups is 1. The van der Waals surface area contributed by atoms with E-state index < -0.39 is 5.97 Å². The molecule has 6 heteroatoms. The van der Waals surface area contributed by atoms with Gasteiger partial charge in [-0.15, -0.1) is 12.4 Å². The van der Waals surface area contributed by atoms with Gasteiger partial charge in [-0.2, -0.15) is 0 Å². The fourth-order valence-corrected chi connectivity index (χ4v) is 1.67. The van der Waals surface area contributed by atoms with E-state index in [0.717, 1.165) is 31.4 Å². The van der Waals surface area contributed by atoms with Crippen LogP contribution in [-0.2, 0) is 11.2 Å². The second-order valence-electron chi connectivity index (χ2n) is 4.16. The van der Waals surface area contributed by atoms with Gasteiger partial charge in [0.2, 0.25) is 0 Å². The van der Waals surface area contributed by atoms with Gasteiger partial charge in [0.15, 0.2) is 5.96 Å². The fraction of sp³-hybridized carbons (Fsp3) is 0.385. The number of nitrogens with zero attached hydrogens (tertiary/aromatic N) is 1. The summed E-state index contributed by atoms with van der Waals surface area (Å²) in [5, 5.41) is 8.50. The second kappa shape index (κ2) is 9.22. The van der Waals surface area contributed by atoms with E-state index in [1.165, 1.54) is 5.56 Å². The summed E-state index contributed by atoms with van der Waals surface area (Å²) in [5.74, 6) is -0.673. The van der Waals surface area contributed by atoms with Crippen molar-refractivity contribution in [3.05, 3.63) is 29.8 Å². The third kappa shape index (κ3) is 8.05. The van der Waals surface area contributed by atoms with Crippen molar-refractivity contribution in [2.24, 2.45) is 16.5 Å². The minimum absolute atomic E-state index is 0. The number of aliphatic carboxylic acids is 1. The van der Waals surface area contributed by atoms with Gasteiger partial charge < -0.3 is 16.6 Å². The third-order valence-electron chi connectivity index (χ3n) is 2.55. The molecule has 0 saturated heterocycles. The Bertz CT molecular complexity index is 414. The van der Waals surface area contributed by atoms with Crippen LogP contribution in [0.25, 0.3) is 0 Å². The van der Waals surface area contributed by atoms with Crippen LogP contribution in [0.5, 0.6) is 0 Å². The molecule has 0 bridgehead atoms. The number of carbonyl (C=O) groups is 1. The lowest BCUT2D eigenvalue weighted by Crippen LogP contribution is -2.21. The van der Waals surface area contributed by atoms with Crippen molar-refractivity contribution in [2.75, 3.05) is 0 Å². The summed E-state index contributed by atoms with van der Waals surface area (Å²) < 4.78 is 0. The summed E-state index contributed by atoms with van der Waals surface area (Å²) in [5.41, 5.74) is 12.5. The van der Waals surface area contributed by atoms with Gasteiger partial charge in [-0.3, -0.25) is 4.79 Å². The van der Waals surface area contributed by atoms with Crippen LogP contribution in [0.4, 0.5) is 5.69 Å². The lowest BCUT2D eigenvalue weighted by Gasteiger charge is -2.02. The number of aryl methyl sites for hydroxylation is 1. The molecular formula is C13H20ClN3O2. The van der Waals surface area contributed by atoms with E-state index in [1.54, 1.807) is 0 Å². The Kier molecular flexibility index (Phi) is 8.37. The number of hydrogen-bond acceptors (Lipinski definition) is 2. The SMILES string of the molecule is Cl.NC(N)=Nc1ccc(CCCCCC(=O)O)cc1. The van der Waals surface area contributed by atoms with E-state index in [2.05, 4.69) is 4.99 Å². The predicted octanol–water partition coefficient (Wildman–Crippen LogP) is 2.20. The smallest absolute Gasteiger partial charge is 0.303 e. The molecule has 5 N–H and O–H groups in total. The van der Waals surface area contributed by atoms with Crippen LogP contribution >= 0.6 is 12.4 Å². The van der Waals surface area contributed by atoms with Gasteiger partial charge in [-0.05, 0) is 37.0 Å². The molecule has 0 unspecified atom stereocenters. The van der Waals surface area contributed by atoms with Crippen molar-refractivity contribution >= 4 is 30.0 Å². The first-order valence-electron chi connectivity index (χ1n) is 5.98. The van der Waals surface area contributed by atoms with Crippen molar-refractivity contribution in [1.82, 2.24) is 0 Å². The molecule has 0 fully saturated rings. The lowest BCUT2D eigenvalue weighted by molar-refractivity contribution is -0.137. The first-order chi connectivity index (χ1) is 8.58. The predicted molar refractivity (Wildman–Crippen MR) is 79.0 cm³/mol. The Morgan fingerprint density at radius 2 is 1.74 bits per heavy atom. The Labute approximate surface area is 119 Å². The van der Waals surface area contributed by atoms with E-state index in [4.69, 9.17) is 16.6 Å². The monoisotopic (exact) mass is 285 g/mol. The number of carboxylic acids is 1. The summed E-state index contributed by atoms with van der Waals surface area (Å²) >= 11 is 0. The molecule has 1 aromatic rings. The first-order valence-corrected chi connectivity index (χ1v) is 5.98. The van der Waals surface area contributed by atoms with Crippen molar-refractivity contribution in [1.29, 1.82) is 0 Å². The number of nitrogens with two attached hydrogens (primary N) is 2. The van der Waals surface area contributed by atoms with E-state index in [0.29, 0.717) is 0 Å². The summed E-state index contributed by atoms with van der Waals surface area (Å²) in [7, 11) is 0. The maximum Gasteiger partial charge on any atom is 0.303 e. The summed E-state index contributed by atoms with van der Waals surface area (Å²) in [6, 6.07) is 7.70. The van der Waals surface area contributed by atoms with Crippen LogP contribution < -0.4 is 11.5 Å². The molecule has 0 aliphatic heterocycles. The van der Waals surface area contributed by atoms with Crippen LogP contribution in [-0.4, -0.2) is 17.0 Å². The van der Waals surface area contributed by atoms with Gasteiger partial charge in [0.05, 0.1) is 5.69 Å². The Morgan fingerprint density at radius 1 is 1.11 bits per heavy atom. The highest BCUT2D eigenvalue weighted by atomic mass is 35.5. The molecule has 19 heavy (non-hydrogen) atoms. The molecule has 5 nitrogen and oxygen atoms in total. The van der Waals surface area contributed by atoms with Crippen LogP contribution in [0.3, 0.4) is 0 Å². The third-order valence-corrected chi connectivity index (χ3v) is 2.55. The van der Waals surface area contributed by atoms with Crippen LogP contribution in [0.1, 0.15) is 31.2 Å². The normalized spacial score (nSPS) is 9.47. The van der Waals surface area contributed by atoms with Gasteiger partial charge in [0.25, 0.3) is 0 Å². The van der Waals surface area contributed by atoms with E-state index in [-0.39, 0.29) is 24.8 Å². The summed E-state index contributed by atoms with van der Waals surface area (Å²) in [4.78, 5) is 14.3. The van der Waals surface area contributed by atoms with Gasteiger partial charge in [0.1, 0.15) is 0 Å². The van der Waals surface area contributed by atoms with Gasteiger partial charge in [0, 0.05) is 6.42 Å². The fourth-order valence-electron chi connectivity index (χ4n) is 1.67. The summed E-state index contributed by atoms with van der Waals surface area (Å²) in [6.45, 7) is 0. The standard InChI is InChI=1S/C13H19N3O2.ClH/c14-13(15)16-11-8-6-10(7-9-11)4-2-1-3-5-12(17)18;/h6-9H,1-5H2,(H,17,18)(H4,14,15,16);1H. The van der Waals surface area contributed by atoms with Crippen molar-refractivity contribution in [3.8, 4) is 0 Å². The van der Waals surface area contributed by atoms with E-state index >= 15 is 0 Å². The topological polar surface area (TPSA) is 102 Å². The Morgan fingerprint density at radius 3 is 2.26 bits per heavy atom. The summed E-state index contributed by atoms with van der Waals surface area (Å²) in [6.07, 6.45) is 3.86. The molecule has 0 heterocycles. The molecular weight excluding hydrogens is 266 g/mol. The maximum atomic E-state index is 10.3. The minimum atomic E-state index is -0.725. The van der Waals surface area contributed by atoms with Crippen LogP contribution in [0, 0.1) is 0 Å². The molecule has 0 radical (unpaired) electrons. The number of guanidine groups is 1. The average Bonchev–Trinajstić information content (AvgIpc) is 2.30. The first kappa shape index (κ1) is 17.2. The molecule has 1 aromatic carbocycles. The van der Waals surface area contributed by atoms with Gasteiger partial charge in [-0.1, -0.05) is 18.6 Å². The Hall–Kier alpha value is -1.75. The molecule has 0 aliphatic carbocycles. The molecule has 0 spiro atoms. The molecule has 0 aromatic heterocycles. The number of benzene rings is 1. The van der Waals surface area contributed by atoms with Gasteiger partial charge in [-0.25, -0.2) is 4.99 Å². The zero-order valence-corrected chi connectivity index (χ0v) is 11.5. The maximum absolute atomic E-state index is 10.3. The average molecular weight is 286 g/mol. The largest absolute Gasteiger partial charge is 0.481 e. The van der Waals surface area contributed by atoms with E-state index in [9.17, 15) is 4.79 Å². The molecule has 0 saturated carbocycles. The zero-order chi connectivity index (χ0) is 13.4. The van der Waals surface area contributed by atoms with Crippen molar-refractivity contribution < 1.29 is 9.90 Å². The quantitative estimate of drug-likeness (QED) is 0.406. The highest BCUT2D eigenvalue weighted by Crippen LogP contribution is 2.14. The number of carboxylic acid groups (broad SMARTS) is 1. The number of rotatable bonds is 7. The van der Waals surface area contributed by atoms with Gasteiger partial charge >= 0.3 is 5.97 Å². The number of hydrogen-bond donors (Lipinski definition) is 3. The molecule has 0 amide bonds. The van der Waals surface area contributed by atoms with E-state index in [1.807, 2.05) is 24.3 Å².